The molecule has 0 aliphatic heterocycles. The van der Waals surface area contributed by atoms with Crippen LogP contribution in [0, 0.1) is 0 Å². The predicted molar refractivity (Wildman–Crippen MR) is 39.5 cm³/mol. The van der Waals surface area contributed by atoms with E-state index in [2.05, 4.69) is 18.8 Å². The zero-order valence-electron chi connectivity index (χ0n) is 7.90. The summed E-state index contributed by atoms with van der Waals surface area (Å²) in [6.07, 6.45) is 2.22. The second-order valence-electron chi connectivity index (χ2n) is 2.32. The zero-order valence-corrected chi connectivity index (χ0v) is 18.8. The SMILES string of the molecule is O=c1[cH-]nc(Cc2n[cH-]c(=O)o2)o1.[Re].[Re].[Re].[Re]. The molecule has 4 radical (unpaired) electrons. The number of aromatic nitrogens is 2. The smallest absolute Gasteiger partial charge is 0.254 e. The third-order valence-electron chi connectivity index (χ3n) is 1.37. The second kappa shape index (κ2) is 10.6. The predicted octanol–water partition coefficient (Wildman–Crippen LogP) is -0.598. The third-order valence-corrected chi connectivity index (χ3v) is 1.37. The molecule has 10 heteroatoms. The van der Waals surface area contributed by atoms with Gasteiger partial charge in [0.2, 0.25) is 0 Å². The Hall–Kier alpha value is 0.669. The number of oxazole rings is 2. The molecule has 0 fully saturated rings. The first kappa shape index (κ1) is 22.8. The Kier molecular flexibility index (Phi) is 14.2. The summed E-state index contributed by atoms with van der Waals surface area (Å²) in [4.78, 5) is 28.4. The van der Waals surface area contributed by atoms with Crippen molar-refractivity contribution in [1.82, 2.24) is 9.97 Å². The van der Waals surface area contributed by atoms with Crippen LogP contribution in [0.3, 0.4) is 0 Å². The summed E-state index contributed by atoms with van der Waals surface area (Å²) in [5.41, 5.74) is -1.05. The zero-order chi connectivity index (χ0) is 9.26. The van der Waals surface area contributed by atoms with Crippen molar-refractivity contribution in [3.63, 3.8) is 0 Å². The molecule has 0 spiro atoms. The Balaban J connectivity index is -0.000000490. The molecular weight excluding hydrogens is 921 g/mol. The van der Waals surface area contributed by atoms with Crippen LogP contribution in [0.15, 0.2) is 30.8 Å². The minimum Gasteiger partial charge on any atom is -0.516 e. The van der Waals surface area contributed by atoms with E-state index in [1.807, 2.05) is 0 Å². The van der Waals surface area contributed by atoms with Crippen LogP contribution in [-0.2, 0) is 88.1 Å². The number of rotatable bonds is 2. The van der Waals surface area contributed by atoms with Gasteiger partial charge in [0.15, 0.2) is 0 Å². The molecule has 2 heterocycles. The summed E-state index contributed by atoms with van der Waals surface area (Å²) in [7, 11) is 0. The molecule has 96 valence electrons. The van der Waals surface area contributed by atoms with Gasteiger partial charge in [0.1, 0.15) is 0 Å². The molecule has 2 aromatic rings. The molecule has 0 aliphatic rings. The van der Waals surface area contributed by atoms with Crippen molar-refractivity contribution in [3.8, 4) is 0 Å². The Labute approximate surface area is 150 Å². The standard InChI is InChI=1S/C7H4N2O4.4Re/c10-6-2-8-4(12-6)1-5-9-3-7(11)13-5;;;;/h2-3H,1H2;;;;/q-2;;;;. The Morgan fingerprint density at radius 2 is 1.18 bits per heavy atom. The molecule has 0 bridgehead atoms. The maximum Gasteiger partial charge on any atom is 0.254 e. The van der Waals surface area contributed by atoms with Crippen molar-refractivity contribution in [2.45, 2.75) is 6.42 Å². The van der Waals surface area contributed by atoms with Gasteiger partial charge in [0.25, 0.3) is 11.3 Å². The molecule has 2 rings (SSSR count). The average molecular weight is 925 g/mol. The minimum atomic E-state index is -0.524. The molecule has 0 N–H and O–H groups in total. The van der Waals surface area contributed by atoms with Crippen molar-refractivity contribution < 1.29 is 90.5 Å². The molecule has 17 heavy (non-hydrogen) atoms. The van der Waals surface area contributed by atoms with Gasteiger partial charge in [0.05, 0.1) is 0 Å². The minimum absolute atomic E-state index is 0. The van der Waals surface area contributed by atoms with Crippen LogP contribution in [0.25, 0.3) is 0 Å². The summed E-state index contributed by atoms with van der Waals surface area (Å²) in [5.74, 6) is 0.374. The van der Waals surface area contributed by atoms with Crippen LogP contribution in [0.4, 0.5) is 0 Å². The van der Waals surface area contributed by atoms with Gasteiger partial charge in [-0.1, -0.05) is 0 Å². The van der Waals surface area contributed by atoms with Gasteiger partial charge in [0, 0.05) is 93.5 Å². The normalized spacial score (nSPS) is 8.00. The van der Waals surface area contributed by atoms with Crippen molar-refractivity contribution in [1.29, 1.82) is 0 Å². The van der Waals surface area contributed by atoms with E-state index in [9.17, 15) is 9.59 Å². The molecular formula is C7H4N2O4Re4-2. The maximum absolute atomic E-state index is 10.5. The van der Waals surface area contributed by atoms with Crippen LogP contribution in [0.5, 0.6) is 0 Å². The van der Waals surface area contributed by atoms with Gasteiger partial charge in [-0.05, 0) is 18.8 Å². The maximum atomic E-state index is 10.5. The van der Waals surface area contributed by atoms with Crippen LogP contribution >= 0.6 is 0 Å². The fourth-order valence-corrected chi connectivity index (χ4v) is 0.880. The first-order valence-electron chi connectivity index (χ1n) is 3.47. The first-order valence-corrected chi connectivity index (χ1v) is 3.47. The second-order valence-corrected chi connectivity index (χ2v) is 2.32. The summed E-state index contributed by atoms with van der Waals surface area (Å²) in [5, 5.41) is 0. The van der Waals surface area contributed by atoms with E-state index in [0.29, 0.717) is 0 Å². The van der Waals surface area contributed by atoms with Crippen LogP contribution < -0.4 is 11.3 Å². The van der Waals surface area contributed by atoms with Gasteiger partial charge >= 0.3 is 0 Å². The van der Waals surface area contributed by atoms with Gasteiger partial charge in [-0.15, -0.1) is 0 Å². The monoisotopic (exact) mass is 928 g/mol. The summed E-state index contributed by atoms with van der Waals surface area (Å²) >= 11 is 0. The Morgan fingerprint density at radius 1 is 0.824 bits per heavy atom. The molecule has 0 amide bonds. The molecule has 2 aromatic heterocycles. The van der Waals surface area contributed by atoms with E-state index in [0.717, 1.165) is 12.4 Å². The Morgan fingerprint density at radius 3 is 1.41 bits per heavy atom. The van der Waals surface area contributed by atoms with Crippen LogP contribution in [0.2, 0.25) is 0 Å². The number of nitrogens with zero attached hydrogens (tertiary/aromatic N) is 2. The van der Waals surface area contributed by atoms with E-state index in [4.69, 9.17) is 0 Å². The topological polar surface area (TPSA) is 86.2 Å². The van der Waals surface area contributed by atoms with E-state index in [1.165, 1.54) is 0 Å². The summed E-state index contributed by atoms with van der Waals surface area (Å²) in [6, 6.07) is 0. The fourth-order valence-electron chi connectivity index (χ4n) is 0.880. The van der Waals surface area contributed by atoms with Crippen molar-refractivity contribution in [2.24, 2.45) is 0 Å². The molecule has 0 aromatic carbocycles. The van der Waals surface area contributed by atoms with Crippen molar-refractivity contribution >= 4 is 0 Å². The quantitative estimate of drug-likeness (QED) is 0.375. The van der Waals surface area contributed by atoms with E-state index >= 15 is 0 Å². The number of hydrogen-bond donors (Lipinski definition) is 0. The van der Waals surface area contributed by atoms with Crippen LogP contribution in [-0.4, -0.2) is 9.97 Å². The van der Waals surface area contributed by atoms with Gasteiger partial charge in [-0.3, -0.25) is 9.59 Å². The number of hydrogen-bond acceptors (Lipinski definition) is 6. The fraction of sp³-hybridized carbons (Fsp3) is 0.143. The van der Waals surface area contributed by atoms with E-state index in [-0.39, 0.29) is 99.9 Å². The van der Waals surface area contributed by atoms with Crippen LogP contribution in [0.1, 0.15) is 11.8 Å². The molecule has 0 saturated heterocycles. The van der Waals surface area contributed by atoms with Gasteiger partial charge < -0.3 is 18.8 Å². The van der Waals surface area contributed by atoms with Gasteiger partial charge in [-0.2, -0.15) is 0 Å². The molecule has 0 aliphatic carbocycles. The average Bonchev–Trinajstić information content (AvgIpc) is 2.62. The molecule has 0 unspecified atom stereocenters. The first-order chi connectivity index (χ1) is 6.24. The molecule has 0 saturated carbocycles. The summed E-state index contributed by atoms with van der Waals surface area (Å²) in [6.45, 7) is 0. The Bertz CT molecular complexity index is 468. The van der Waals surface area contributed by atoms with Crippen molar-refractivity contribution in [3.05, 3.63) is 45.0 Å². The largest absolute Gasteiger partial charge is 0.516 e. The van der Waals surface area contributed by atoms with E-state index < -0.39 is 11.3 Å². The van der Waals surface area contributed by atoms with Crippen molar-refractivity contribution in [2.75, 3.05) is 0 Å². The molecule has 0 atom stereocenters. The van der Waals surface area contributed by atoms with E-state index in [1.54, 1.807) is 0 Å². The van der Waals surface area contributed by atoms with Gasteiger partial charge in [-0.25, -0.2) is 0 Å². The third kappa shape index (κ3) is 6.98. The summed E-state index contributed by atoms with van der Waals surface area (Å²) < 4.78 is 9.26. The molecule has 6 nitrogen and oxygen atoms in total.